The molecule has 0 saturated carbocycles. The Balaban J connectivity index is 1.61. The fourth-order valence-electron chi connectivity index (χ4n) is 1.74. The Morgan fingerprint density at radius 3 is 2.67 bits per heavy atom. The minimum Gasteiger partial charge on any atom is -0.337 e. The zero-order chi connectivity index (χ0) is 14.9. The fraction of sp³-hybridized carbons (Fsp3) is 0.188. The zero-order valence-corrected chi connectivity index (χ0v) is 13.1. The fourth-order valence-corrected chi connectivity index (χ4v) is 2.75. The highest BCUT2D eigenvalue weighted by atomic mass is 35.5. The zero-order valence-electron chi connectivity index (χ0n) is 11.5. The Hall–Kier alpha value is -1.65. The van der Waals surface area contributed by atoms with Crippen molar-refractivity contribution in [3.8, 4) is 0 Å². The summed E-state index contributed by atoms with van der Waals surface area (Å²) >= 11 is 7.65. The number of hydrogen-bond acceptors (Lipinski definition) is 2. The molecule has 2 rings (SSSR count). The van der Waals surface area contributed by atoms with E-state index in [-0.39, 0.29) is 6.03 Å². The first-order chi connectivity index (χ1) is 10.2. The summed E-state index contributed by atoms with van der Waals surface area (Å²) in [5, 5.41) is 6.17. The number of benzene rings is 2. The lowest BCUT2D eigenvalue weighted by molar-refractivity contribution is 0.252. The number of thioether (sulfide) groups is 1. The van der Waals surface area contributed by atoms with Crippen molar-refractivity contribution in [3.63, 3.8) is 0 Å². The first kappa shape index (κ1) is 15.7. The number of halogens is 1. The summed E-state index contributed by atoms with van der Waals surface area (Å²) in [6.45, 7) is 0.629. The SMILES string of the molecule is O=C(NCCSCc1ccccc1)Nc1cccc(Cl)c1. The number of anilines is 1. The van der Waals surface area contributed by atoms with Gasteiger partial charge in [0.2, 0.25) is 0 Å². The van der Waals surface area contributed by atoms with E-state index in [0.29, 0.717) is 17.3 Å². The van der Waals surface area contributed by atoms with Gasteiger partial charge in [-0.2, -0.15) is 11.8 Å². The maximum Gasteiger partial charge on any atom is 0.319 e. The number of amides is 2. The number of urea groups is 1. The van der Waals surface area contributed by atoms with Crippen molar-refractivity contribution in [2.45, 2.75) is 5.75 Å². The van der Waals surface area contributed by atoms with Gasteiger partial charge in [-0.1, -0.05) is 48.0 Å². The van der Waals surface area contributed by atoms with Crippen LogP contribution in [0.4, 0.5) is 10.5 Å². The van der Waals surface area contributed by atoms with Gasteiger partial charge in [-0.05, 0) is 23.8 Å². The monoisotopic (exact) mass is 320 g/mol. The molecule has 0 unspecified atom stereocenters. The van der Waals surface area contributed by atoms with Crippen molar-refractivity contribution >= 4 is 35.1 Å². The van der Waals surface area contributed by atoms with Crippen LogP contribution in [0.25, 0.3) is 0 Å². The van der Waals surface area contributed by atoms with E-state index >= 15 is 0 Å². The van der Waals surface area contributed by atoms with E-state index in [9.17, 15) is 4.79 Å². The summed E-state index contributed by atoms with van der Waals surface area (Å²) in [5.74, 6) is 1.83. The molecule has 3 nitrogen and oxygen atoms in total. The Kier molecular flexibility index (Phi) is 6.44. The summed E-state index contributed by atoms with van der Waals surface area (Å²) in [5.41, 5.74) is 1.99. The second kappa shape index (κ2) is 8.60. The molecule has 0 aliphatic carbocycles. The lowest BCUT2D eigenvalue weighted by atomic mass is 10.2. The van der Waals surface area contributed by atoms with Crippen molar-refractivity contribution in [3.05, 3.63) is 65.2 Å². The molecule has 5 heteroatoms. The van der Waals surface area contributed by atoms with Crippen LogP contribution >= 0.6 is 23.4 Å². The summed E-state index contributed by atoms with van der Waals surface area (Å²) in [7, 11) is 0. The van der Waals surface area contributed by atoms with Gasteiger partial charge in [0.25, 0.3) is 0 Å². The van der Waals surface area contributed by atoms with Crippen LogP contribution < -0.4 is 10.6 Å². The molecular formula is C16H17ClN2OS. The molecule has 2 N–H and O–H groups in total. The number of carbonyl (C=O) groups is 1. The van der Waals surface area contributed by atoms with Crippen molar-refractivity contribution < 1.29 is 4.79 Å². The number of hydrogen-bond donors (Lipinski definition) is 2. The molecule has 0 aliphatic heterocycles. The smallest absolute Gasteiger partial charge is 0.319 e. The number of nitrogens with one attached hydrogen (secondary N) is 2. The highest BCUT2D eigenvalue weighted by Gasteiger charge is 2.01. The van der Waals surface area contributed by atoms with E-state index < -0.39 is 0 Å². The predicted molar refractivity (Wildman–Crippen MR) is 91.1 cm³/mol. The van der Waals surface area contributed by atoms with Crippen LogP contribution in [0, 0.1) is 0 Å². The molecule has 0 heterocycles. The van der Waals surface area contributed by atoms with Gasteiger partial charge in [0, 0.05) is 28.8 Å². The molecule has 110 valence electrons. The minimum atomic E-state index is -0.211. The first-order valence-corrected chi connectivity index (χ1v) is 8.19. The Morgan fingerprint density at radius 1 is 1.10 bits per heavy atom. The third kappa shape index (κ3) is 6.10. The van der Waals surface area contributed by atoms with E-state index in [0.717, 1.165) is 11.5 Å². The summed E-state index contributed by atoms with van der Waals surface area (Å²) in [6, 6.07) is 17.2. The molecule has 0 atom stereocenters. The quantitative estimate of drug-likeness (QED) is 0.775. The van der Waals surface area contributed by atoms with Crippen LogP contribution in [0.1, 0.15) is 5.56 Å². The second-order valence-corrected chi connectivity index (χ2v) is 5.97. The van der Waals surface area contributed by atoms with E-state index in [1.807, 2.05) is 18.2 Å². The van der Waals surface area contributed by atoms with E-state index in [1.165, 1.54) is 5.56 Å². The van der Waals surface area contributed by atoms with Gasteiger partial charge >= 0.3 is 6.03 Å². The highest BCUT2D eigenvalue weighted by molar-refractivity contribution is 7.98. The Labute approximate surface area is 134 Å². The average Bonchev–Trinajstić information content (AvgIpc) is 2.48. The molecule has 2 aromatic carbocycles. The lowest BCUT2D eigenvalue weighted by Crippen LogP contribution is -2.30. The van der Waals surface area contributed by atoms with Gasteiger partial charge in [0.05, 0.1) is 0 Å². The molecule has 2 aromatic rings. The van der Waals surface area contributed by atoms with Crippen LogP contribution in [0.15, 0.2) is 54.6 Å². The van der Waals surface area contributed by atoms with Gasteiger partial charge in [0.15, 0.2) is 0 Å². The van der Waals surface area contributed by atoms with Gasteiger partial charge in [-0.15, -0.1) is 0 Å². The Bertz CT molecular complexity index is 577. The van der Waals surface area contributed by atoms with E-state index in [1.54, 1.807) is 36.0 Å². The van der Waals surface area contributed by atoms with Crippen molar-refractivity contribution in [1.29, 1.82) is 0 Å². The molecule has 0 saturated heterocycles. The minimum absolute atomic E-state index is 0.211. The van der Waals surface area contributed by atoms with Crippen LogP contribution in [-0.4, -0.2) is 18.3 Å². The summed E-state index contributed by atoms with van der Waals surface area (Å²) in [6.07, 6.45) is 0. The van der Waals surface area contributed by atoms with Crippen LogP contribution in [-0.2, 0) is 5.75 Å². The molecule has 0 bridgehead atoms. The van der Waals surface area contributed by atoms with Crippen molar-refractivity contribution in [2.75, 3.05) is 17.6 Å². The predicted octanol–water partition coefficient (Wildman–Crippen LogP) is 4.39. The molecule has 2 amide bonds. The normalized spacial score (nSPS) is 10.1. The largest absolute Gasteiger partial charge is 0.337 e. The van der Waals surface area contributed by atoms with Gasteiger partial charge in [0.1, 0.15) is 0 Å². The third-order valence-electron chi connectivity index (χ3n) is 2.73. The van der Waals surface area contributed by atoms with E-state index in [4.69, 9.17) is 11.6 Å². The highest BCUT2D eigenvalue weighted by Crippen LogP contribution is 2.14. The Morgan fingerprint density at radius 2 is 1.90 bits per heavy atom. The molecule has 21 heavy (non-hydrogen) atoms. The lowest BCUT2D eigenvalue weighted by Gasteiger charge is -2.07. The second-order valence-electron chi connectivity index (χ2n) is 4.43. The van der Waals surface area contributed by atoms with Gasteiger partial charge in [-0.25, -0.2) is 4.79 Å². The maximum atomic E-state index is 11.7. The molecular weight excluding hydrogens is 304 g/mol. The first-order valence-electron chi connectivity index (χ1n) is 6.66. The maximum absolute atomic E-state index is 11.7. The van der Waals surface area contributed by atoms with Crippen LogP contribution in [0.2, 0.25) is 5.02 Å². The molecule has 0 aliphatic rings. The van der Waals surface area contributed by atoms with Gasteiger partial charge < -0.3 is 10.6 Å². The summed E-state index contributed by atoms with van der Waals surface area (Å²) < 4.78 is 0. The topological polar surface area (TPSA) is 41.1 Å². The number of rotatable bonds is 6. The summed E-state index contributed by atoms with van der Waals surface area (Å²) in [4.78, 5) is 11.7. The average molecular weight is 321 g/mol. The molecule has 0 aromatic heterocycles. The van der Waals surface area contributed by atoms with Gasteiger partial charge in [-0.3, -0.25) is 0 Å². The van der Waals surface area contributed by atoms with E-state index in [2.05, 4.69) is 22.8 Å². The van der Waals surface area contributed by atoms with Crippen molar-refractivity contribution in [1.82, 2.24) is 5.32 Å². The standard InChI is InChI=1S/C16H17ClN2OS/c17-14-7-4-8-15(11-14)19-16(20)18-9-10-21-12-13-5-2-1-3-6-13/h1-8,11H,9-10,12H2,(H2,18,19,20). The molecule has 0 spiro atoms. The molecule has 0 fully saturated rings. The van der Waals surface area contributed by atoms with Crippen molar-refractivity contribution in [2.24, 2.45) is 0 Å². The third-order valence-corrected chi connectivity index (χ3v) is 3.99. The van der Waals surface area contributed by atoms with Crippen LogP contribution in [0.5, 0.6) is 0 Å². The molecule has 0 radical (unpaired) electrons. The number of carbonyl (C=O) groups excluding carboxylic acids is 1. The van der Waals surface area contributed by atoms with Crippen LogP contribution in [0.3, 0.4) is 0 Å².